The van der Waals surface area contributed by atoms with Gasteiger partial charge in [-0.15, -0.1) is 0 Å². The van der Waals surface area contributed by atoms with E-state index in [2.05, 4.69) is 10.2 Å². The van der Waals surface area contributed by atoms with Gasteiger partial charge in [-0.2, -0.15) is 0 Å². The summed E-state index contributed by atoms with van der Waals surface area (Å²) >= 11 is 0. The molecule has 1 aliphatic rings. The summed E-state index contributed by atoms with van der Waals surface area (Å²) in [5.41, 5.74) is 3.06. The molecule has 2 aromatic carbocycles. The summed E-state index contributed by atoms with van der Waals surface area (Å²) < 4.78 is 0. The van der Waals surface area contributed by atoms with E-state index < -0.39 is 0 Å². The first-order valence-electron chi connectivity index (χ1n) is 8.93. The summed E-state index contributed by atoms with van der Waals surface area (Å²) in [6.45, 7) is 3.35. The molecular formula is C21H24N2O3. The lowest BCUT2D eigenvalue weighted by Crippen LogP contribution is -2.35. The number of rotatable bonds is 5. The average Bonchev–Trinajstić information content (AvgIpc) is 2.68. The highest BCUT2D eigenvalue weighted by Crippen LogP contribution is 2.25. The Morgan fingerprint density at radius 3 is 2.42 bits per heavy atom. The van der Waals surface area contributed by atoms with E-state index >= 15 is 0 Å². The minimum Gasteiger partial charge on any atom is -0.392 e. The molecule has 5 nitrogen and oxygen atoms in total. The number of Topliss-reactive ketones (excluding diaryl/α,β-unsaturated/α-hetero) is 1. The van der Waals surface area contributed by atoms with Crippen LogP contribution in [-0.2, 0) is 11.4 Å². The number of benzene rings is 2. The van der Waals surface area contributed by atoms with Crippen LogP contribution in [0.2, 0.25) is 0 Å². The van der Waals surface area contributed by atoms with Crippen LogP contribution in [0.5, 0.6) is 0 Å². The van der Waals surface area contributed by atoms with E-state index in [1.165, 1.54) is 0 Å². The van der Waals surface area contributed by atoms with Crippen LogP contribution >= 0.6 is 0 Å². The number of carbonyl (C=O) groups excluding carboxylic acids is 2. The van der Waals surface area contributed by atoms with Gasteiger partial charge >= 0.3 is 0 Å². The van der Waals surface area contributed by atoms with Gasteiger partial charge in [-0.1, -0.05) is 12.1 Å². The summed E-state index contributed by atoms with van der Waals surface area (Å²) in [6.07, 6.45) is 1.80. The number of hydrogen-bond acceptors (Lipinski definition) is 4. The molecule has 0 bridgehead atoms. The lowest BCUT2D eigenvalue weighted by atomic mass is 9.93. The molecule has 0 spiro atoms. The second-order valence-corrected chi connectivity index (χ2v) is 6.73. The topological polar surface area (TPSA) is 69.6 Å². The van der Waals surface area contributed by atoms with Crippen molar-refractivity contribution in [1.82, 2.24) is 0 Å². The highest BCUT2D eigenvalue weighted by Gasteiger charge is 2.22. The van der Waals surface area contributed by atoms with Crippen LogP contribution in [0.3, 0.4) is 0 Å². The van der Waals surface area contributed by atoms with Crippen LogP contribution in [0.4, 0.5) is 11.4 Å². The predicted molar refractivity (Wildman–Crippen MR) is 102 cm³/mol. The number of aliphatic hydroxyl groups excluding tert-OH is 1. The molecule has 0 aliphatic carbocycles. The Hall–Kier alpha value is -2.66. The van der Waals surface area contributed by atoms with Crippen molar-refractivity contribution in [2.75, 3.05) is 23.3 Å². The molecule has 0 radical (unpaired) electrons. The van der Waals surface area contributed by atoms with Gasteiger partial charge < -0.3 is 15.3 Å². The molecule has 2 N–H and O–H groups in total. The van der Waals surface area contributed by atoms with E-state index in [1.54, 1.807) is 31.2 Å². The van der Waals surface area contributed by atoms with Crippen molar-refractivity contribution in [2.45, 2.75) is 26.4 Å². The van der Waals surface area contributed by atoms with Crippen LogP contribution in [0.1, 0.15) is 35.7 Å². The second-order valence-electron chi connectivity index (χ2n) is 6.73. The van der Waals surface area contributed by atoms with E-state index in [9.17, 15) is 14.7 Å². The van der Waals surface area contributed by atoms with E-state index in [0.717, 1.165) is 37.3 Å². The van der Waals surface area contributed by atoms with Crippen molar-refractivity contribution in [3.63, 3.8) is 0 Å². The van der Waals surface area contributed by atoms with Crippen molar-refractivity contribution in [2.24, 2.45) is 5.92 Å². The Balaban J connectivity index is 1.61. The first-order valence-corrected chi connectivity index (χ1v) is 8.93. The molecule has 1 amide bonds. The normalized spacial score (nSPS) is 14.9. The fourth-order valence-corrected chi connectivity index (χ4v) is 3.31. The van der Waals surface area contributed by atoms with Crippen molar-refractivity contribution in [1.29, 1.82) is 0 Å². The first kappa shape index (κ1) is 18.1. The van der Waals surface area contributed by atoms with Gasteiger partial charge in [0.05, 0.1) is 6.61 Å². The molecule has 1 heterocycles. The van der Waals surface area contributed by atoms with Crippen LogP contribution < -0.4 is 10.2 Å². The predicted octanol–water partition coefficient (Wildman–Crippen LogP) is 3.24. The highest BCUT2D eigenvalue weighted by atomic mass is 16.3. The third kappa shape index (κ3) is 4.29. The maximum atomic E-state index is 12.3. The number of aliphatic hydroxyl groups is 1. The Morgan fingerprint density at radius 2 is 1.81 bits per heavy atom. The zero-order chi connectivity index (χ0) is 18.5. The molecule has 5 heteroatoms. The molecule has 2 aromatic rings. The first-order chi connectivity index (χ1) is 12.6. The number of carbonyl (C=O) groups is 2. The number of nitrogens with zero attached hydrogens (tertiary/aromatic N) is 1. The minimum atomic E-state index is -0.199. The molecule has 1 aliphatic heterocycles. The van der Waals surface area contributed by atoms with Crippen LogP contribution in [0.25, 0.3) is 0 Å². The summed E-state index contributed by atoms with van der Waals surface area (Å²) in [6, 6.07) is 14.7. The Kier molecular flexibility index (Phi) is 5.68. The Bertz CT molecular complexity index is 778. The lowest BCUT2D eigenvalue weighted by molar-refractivity contribution is -0.121. The van der Waals surface area contributed by atoms with Crippen molar-refractivity contribution >= 4 is 23.1 Å². The SMILES string of the molecule is CC(=O)C1CCN(c2ccc(NC(=O)c3cccc(CO)c3)cc2)CC1. The van der Waals surface area contributed by atoms with Crippen molar-refractivity contribution < 1.29 is 14.7 Å². The van der Waals surface area contributed by atoms with Crippen LogP contribution in [-0.4, -0.2) is 29.9 Å². The van der Waals surface area contributed by atoms with E-state index in [0.29, 0.717) is 11.1 Å². The van der Waals surface area contributed by atoms with Gasteiger partial charge in [0.15, 0.2) is 0 Å². The quantitative estimate of drug-likeness (QED) is 0.867. The minimum absolute atomic E-state index is 0.0872. The molecule has 1 saturated heterocycles. The smallest absolute Gasteiger partial charge is 0.255 e. The van der Waals surface area contributed by atoms with E-state index in [1.807, 2.05) is 24.3 Å². The third-order valence-corrected chi connectivity index (χ3v) is 4.93. The molecule has 0 unspecified atom stereocenters. The molecule has 136 valence electrons. The molecular weight excluding hydrogens is 328 g/mol. The van der Waals surface area contributed by atoms with Gasteiger partial charge in [0.25, 0.3) is 5.91 Å². The second kappa shape index (κ2) is 8.15. The fourth-order valence-electron chi connectivity index (χ4n) is 3.31. The number of amides is 1. The number of anilines is 2. The Labute approximate surface area is 153 Å². The van der Waals surface area contributed by atoms with Crippen molar-refractivity contribution in [3.05, 3.63) is 59.7 Å². The summed E-state index contributed by atoms with van der Waals surface area (Å²) in [7, 11) is 0. The standard InChI is InChI=1S/C21H24N2O3/c1-15(25)17-9-11-23(12-10-17)20-7-5-19(6-8-20)22-21(26)18-4-2-3-16(13-18)14-24/h2-8,13,17,24H,9-12,14H2,1H3,(H,22,26). The molecule has 0 atom stereocenters. The van der Waals surface area contributed by atoms with Gasteiger partial charge in [-0.25, -0.2) is 0 Å². The zero-order valence-corrected chi connectivity index (χ0v) is 14.9. The number of piperidine rings is 1. The summed E-state index contributed by atoms with van der Waals surface area (Å²) in [4.78, 5) is 26.1. The third-order valence-electron chi connectivity index (χ3n) is 4.93. The maximum absolute atomic E-state index is 12.3. The number of hydrogen-bond donors (Lipinski definition) is 2. The van der Waals surface area contributed by atoms with Crippen LogP contribution in [0.15, 0.2) is 48.5 Å². The molecule has 0 saturated carbocycles. The summed E-state index contributed by atoms with van der Waals surface area (Å²) in [5, 5.41) is 12.1. The molecule has 26 heavy (non-hydrogen) atoms. The zero-order valence-electron chi connectivity index (χ0n) is 14.9. The largest absolute Gasteiger partial charge is 0.392 e. The van der Waals surface area contributed by atoms with Gasteiger partial charge in [-0.05, 0) is 61.7 Å². The number of nitrogens with one attached hydrogen (secondary N) is 1. The van der Waals surface area contributed by atoms with Gasteiger partial charge in [0.1, 0.15) is 5.78 Å². The van der Waals surface area contributed by atoms with Crippen molar-refractivity contribution in [3.8, 4) is 0 Å². The van der Waals surface area contributed by atoms with Gasteiger partial charge in [0, 0.05) is 35.9 Å². The van der Waals surface area contributed by atoms with E-state index in [4.69, 9.17) is 0 Å². The molecule has 3 rings (SSSR count). The monoisotopic (exact) mass is 352 g/mol. The number of ketones is 1. The Morgan fingerprint density at radius 1 is 1.12 bits per heavy atom. The van der Waals surface area contributed by atoms with Crippen LogP contribution in [0, 0.1) is 5.92 Å². The lowest BCUT2D eigenvalue weighted by Gasteiger charge is -2.32. The highest BCUT2D eigenvalue weighted by molar-refractivity contribution is 6.04. The fraction of sp³-hybridized carbons (Fsp3) is 0.333. The maximum Gasteiger partial charge on any atom is 0.255 e. The average molecular weight is 352 g/mol. The molecule has 0 aromatic heterocycles. The summed E-state index contributed by atoms with van der Waals surface area (Å²) in [5.74, 6) is 0.280. The van der Waals surface area contributed by atoms with Gasteiger partial charge in [-0.3, -0.25) is 9.59 Å². The van der Waals surface area contributed by atoms with Gasteiger partial charge in [0.2, 0.25) is 0 Å². The van der Waals surface area contributed by atoms with E-state index in [-0.39, 0.29) is 24.2 Å². The molecule has 1 fully saturated rings.